The molecule has 0 fully saturated rings. The minimum Gasteiger partial charge on any atom is -0.460 e. The van der Waals surface area contributed by atoms with E-state index >= 15 is 0 Å². The van der Waals surface area contributed by atoms with Crippen LogP contribution in [0.5, 0.6) is 5.75 Å². The van der Waals surface area contributed by atoms with E-state index in [1.54, 1.807) is 37.3 Å². The predicted molar refractivity (Wildman–Crippen MR) is 143 cm³/mol. The van der Waals surface area contributed by atoms with Crippen molar-refractivity contribution in [2.45, 2.75) is 44.0 Å². The summed E-state index contributed by atoms with van der Waals surface area (Å²) in [5, 5.41) is 13.4. The van der Waals surface area contributed by atoms with E-state index in [-0.39, 0.29) is 28.4 Å². The molecule has 0 aliphatic rings. The number of alkyl halides is 3. The fourth-order valence-electron chi connectivity index (χ4n) is 4.47. The number of halogens is 3. The summed E-state index contributed by atoms with van der Waals surface area (Å²) in [6.07, 6.45) is -4.23. The normalized spacial score (nSPS) is 12.8. The molecule has 1 heterocycles. The number of amides is 1. The first-order valence-electron chi connectivity index (χ1n) is 12.6. The van der Waals surface area contributed by atoms with Gasteiger partial charge < -0.3 is 19.6 Å². The fraction of sp³-hybridized carbons (Fsp3) is 0.276. The second kappa shape index (κ2) is 11.7. The first kappa shape index (κ1) is 29.2. The number of carbonyl (C=O) groups excluding carboxylic acids is 1. The zero-order valence-corrected chi connectivity index (χ0v) is 22.6. The molecule has 0 radical (unpaired) electrons. The quantitative estimate of drug-likeness (QED) is 0.250. The molecule has 11 heteroatoms. The van der Waals surface area contributed by atoms with Crippen molar-refractivity contribution >= 4 is 26.7 Å². The Kier molecular flexibility index (Phi) is 8.55. The number of aryl methyl sites for hydroxylation is 1. The molecule has 1 amide bonds. The Morgan fingerprint density at radius 1 is 1.05 bits per heavy atom. The number of nitrogens with one attached hydrogen (secondary N) is 1. The molecule has 7 nitrogen and oxygen atoms in total. The van der Waals surface area contributed by atoms with E-state index in [0.717, 1.165) is 10.9 Å². The van der Waals surface area contributed by atoms with Gasteiger partial charge in [0.1, 0.15) is 17.1 Å². The maximum atomic E-state index is 13.1. The highest BCUT2D eigenvalue weighted by atomic mass is 32.2. The molecule has 0 saturated carbocycles. The number of para-hydroxylation sites is 1. The molecule has 0 bridgehead atoms. The van der Waals surface area contributed by atoms with E-state index in [1.807, 2.05) is 6.92 Å². The van der Waals surface area contributed by atoms with Crippen LogP contribution < -0.4 is 10.1 Å². The Balaban J connectivity index is 1.58. The van der Waals surface area contributed by atoms with Crippen LogP contribution in [-0.2, 0) is 22.7 Å². The van der Waals surface area contributed by atoms with E-state index in [9.17, 15) is 31.5 Å². The number of benzene rings is 3. The summed E-state index contributed by atoms with van der Waals surface area (Å²) in [4.78, 5) is 13.2. The number of furan rings is 1. The topological polar surface area (TPSA) is 106 Å². The van der Waals surface area contributed by atoms with Gasteiger partial charge in [0.05, 0.1) is 23.3 Å². The SMILES string of the molecule is CCc1c(Cc2ccccc2OC(F)(F)F)oc2cc(C(=O)N[C@@H](CO)c3ccc(S(=O)(=O)CC)cc3)ccc12. The average Bonchev–Trinajstić information content (AvgIpc) is 3.28. The van der Waals surface area contributed by atoms with Crippen LogP contribution in [0.4, 0.5) is 13.2 Å². The Labute approximate surface area is 229 Å². The molecule has 0 unspecified atom stereocenters. The van der Waals surface area contributed by atoms with Gasteiger partial charge >= 0.3 is 6.36 Å². The Hall–Kier alpha value is -3.83. The first-order chi connectivity index (χ1) is 19.0. The maximum absolute atomic E-state index is 13.1. The van der Waals surface area contributed by atoms with Gasteiger partial charge in [-0.3, -0.25) is 4.79 Å². The van der Waals surface area contributed by atoms with Gasteiger partial charge in [-0.25, -0.2) is 8.42 Å². The molecule has 4 aromatic rings. The second-order valence-electron chi connectivity index (χ2n) is 9.08. The summed E-state index contributed by atoms with van der Waals surface area (Å²) in [5.41, 5.74) is 2.28. The summed E-state index contributed by atoms with van der Waals surface area (Å²) in [7, 11) is -3.39. The van der Waals surface area contributed by atoms with E-state index < -0.39 is 34.8 Å². The van der Waals surface area contributed by atoms with Gasteiger partial charge in [-0.2, -0.15) is 0 Å². The van der Waals surface area contributed by atoms with Gasteiger partial charge in [-0.05, 0) is 42.3 Å². The lowest BCUT2D eigenvalue weighted by Crippen LogP contribution is -2.30. The van der Waals surface area contributed by atoms with Crippen LogP contribution in [0.2, 0.25) is 0 Å². The molecule has 1 aromatic heterocycles. The highest BCUT2D eigenvalue weighted by molar-refractivity contribution is 7.91. The van der Waals surface area contributed by atoms with E-state index in [1.165, 1.54) is 36.4 Å². The van der Waals surface area contributed by atoms with Gasteiger partial charge in [-0.1, -0.05) is 50.2 Å². The predicted octanol–water partition coefficient (Wildman–Crippen LogP) is 5.74. The maximum Gasteiger partial charge on any atom is 0.573 e. The van der Waals surface area contributed by atoms with Crippen molar-refractivity contribution < 1.29 is 40.6 Å². The Morgan fingerprint density at radius 3 is 2.38 bits per heavy atom. The molecule has 1 atom stereocenters. The first-order valence-corrected chi connectivity index (χ1v) is 14.2. The van der Waals surface area contributed by atoms with Crippen LogP contribution in [0.25, 0.3) is 11.0 Å². The highest BCUT2D eigenvalue weighted by Crippen LogP contribution is 2.33. The monoisotopic (exact) mass is 575 g/mol. The molecule has 0 saturated heterocycles. The molecule has 0 aliphatic heterocycles. The summed E-state index contributed by atoms with van der Waals surface area (Å²) < 4.78 is 72.9. The van der Waals surface area contributed by atoms with Crippen molar-refractivity contribution in [1.29, 1.82) is 0 Å². The summed E-state index contributed by atoms with van der Waals surface area (Å²) in [5.74, 6) is -0.389. The lowest BCUT2D eigenvalue weighted by atomic mass is 10.0. The van der Waals surface area contributed by atoms with Gasteiger partial charge in [-0.15, -0.1) is 13.2 Å². The van der Waals surface area contributed by atoms with Crippen molar-refractivity contribution in [3.05, 3.63) is 94.7 Å². The standard InChI is InChI=1S/C29H28F3NO6S/c1-3-22-23-14-11-20(28(35)33-24(17-34)18-9-12-21(13-10-18)40(36,37)4-2)16-27(23)38-26(22)15-19-7-5-6-8-25(19)39-29(30,31)32/h5-14,16,24,34H,3-4,15,17H2,1-2H3,(H,33,35)/t24-/m0/s1. The summed E-state index contributed by atoms with van der Waals surface area (Å²) >= 11 is 0. The number of hydrogen-bond donors (Lipinski definition) is 2. The van der Waals surface area contributed by atoms with Crippen molar-refractivity contribution in [3.8, 4) is 5.75 Å². The van der Waals surface area contributed by atoms with Crippen LogP contribution in [0.15, 0.2) is 76.0 Å². The zero-order chi connectivity index (χ0) is 29.1. The smallest absolute Gasteiger partial charge is 0.460 e. The fourth-order valence-corrected chi connectivity index (χ4v) is 5.35. The third-order valence-electron chi connectivity index (χ3n) is 6.55. The van der Waals surface area contributed by atoms with Gasteiger partial charge in [0.15, 0.2) is 9.84 Å². The van der Waals surface area contributed by atoms with Crippen LogP contribution in [0, 0.1) is 0 Å². The molecular weight excluding hydrogens is 547 g/mol. The molecular formula is C29H28F3NO6S. The van der Waals surface area contributed by atoms with Crippen molar-refractivity contribution in [2.75, 3.05) is 12.4 Å². The zero-order valence-electron chi connectivity index (χ0n) is 21.8. The number of fused-ring (bicyclic) bond motifs is 1. The van der Waals surface area contributed by atoms with E-state index in [2.05, 4.69) is 10.1 Å². The largest absolute Gasteiger partial charge is 0.573 e. The molecule has 3 aromatic carbocycles. The Bertz CT molecular complexity index is 1610. The number of carbonyl (C=O) groups is 1. The van der Waals surface area contributed by atoms with Crippen molar-refractivity contribution in [1.82, 2.24) is 5.32 Å². The van der Waals surface area contributed by atoms with E-state index in [4.69, 9.17) is 4.42 Å². The summed E-state index contributed by atoms with van der Waals surface area (Å²) in [6, 6.07) is 15.9. The lowest BCUT2D eigenvalue weighted by Gasteiger charge is -2.17. The van der Waals surface area contributed by atoms with Crippen LogP contribution in [-0.4, -0.2) is 38.2 Å². The number of aliphatic hydroxyl groups excluding tert-OH is 1. The number of ether oxygens (including phenoxy) is 1. The lowest BCUT2D eigenvalue weighted by molar-refractivity contribution is -0.274. The molecule has 2 N–H and O–H groups in total. The van der Waals surface area contributed by atoms with Gasteiger partial charge in [0.25, 0.3) is 5.91 Å². The summed E-state index contributed by atoms with van der Waals surface area (Å²) in [6.45, 7) is 3.02. The number of hydrogen-bond acceptors (Lipinski definition) is 6. The Morgan fingerprint density at radius 2 is 1.75 bits per heavy atom. The molecule has 4 rings (SSSR count). The van der Waals surface area contributed by atoms with Gasteiger partial charge in [0, 0.05) is 28.5 Å². The number of rotatable bonds is 10. The van der Waals surface area contributed by atoms with Crippen LogP contribution in [0.1, 0.15) is 52.7 Å². The molecule has 0 spiro atoms. The number of sulfone groups is 1. The van der Waals surface area contributed by atoms with Crippen molar-refractivity contribution in [2.24, 2.45) is 0 Å². The third kappa shape index (κ3) is 6.48. The average molecular weight is 576 g/mol. The highest BCUT2D eigenvalue weighted by Gasteiger charge is 2.32. The van der Waals surface area contributed by atoms with E-state index in [0.29, 0.717) is 28.9 Å². The third-order valence-corrected chi connectivity index (χ3v) is 8.30. The van der Waals surface area contributed by atoms with Gasteiger partial charge in [0.2, 0.25) is 0 Å². The molecule has 212 valence electrons. The van der Waals surface area contributed by atoms with Crippen LogP contribution >= 0.6 is 0 Å². The molecule has 0 aliphatic carbocycles. The molecule has 40 heavy (non-hydrogen) atoms. The minimum absolute atomic E-state index is 0.0446. The van der Waals surface area contributed by atoms with Crippen LogP contribution in [0.3, 0.4) is 0 Å². The second-order valence-corrected chi connectivity index (χ2v) is 11.4. The minimum atomic E-state index is -4.83. The number of aliphatic hydroxyl groups is 1. The van der Waals surface area contributed by atoms with Crippen molar-refractivity contribution in [3.63, 3.8) is 0 Å².